The Morgan fingerprint density at radius 3 is 2.58 bits per heavy atom. The van der Waals surface area contributed by atoms with Gasteiger partial charge in [0.1, 0.15) is 12.1 Å². The molecule has 1 unspecified atom stereocenters. The minimum atomic E-state index is 0.454. The fourth-order valence-corrected chi connectivity index (χ4v) is 2.16. The second-order valence-corrected chi connectivity index (χ2v) is 4.96. The summed E-state index contributed by atoms with van der Waals surface area (Å²) in [6, 6.07) is 2.50. The number of aryl methyl sites for hydroxylation is 1. The number of anilines is 1. The van der Waals surface area contributed by atoms with Gasteiger partial charge in [0.25, 0.3) is 0 Å². The van der Waals surface area contributed by atoms with Crippen molar-refractivity contribution in [1.82, 2.24) is 14.9 Å². The van der Waals surface area contributed by atoms with Crippen LogP contribution in [0, 0.1) is 0 Å². The molecule has 0 spiro atoms. The molecule has 1 N–H and O–H groups in total. The van der Waals surface area contributed by atoms with Crippen molar-refractivity contribution >= 4 is 5.82 Å². The van der Waals surface area contributed by atoms with Gasteiger partial charge in [0.15, 0.2) is 0 Å². The molecule has 1 atom stereocenters. The largest absolute Gasteiger partial charge is 0.368 e. The molecule has 0 fully saturated rings. The van der Waals surface area contributed by atoms with Crippen molar-refractivity contribution in [2.45, 2.75) is 53.0 Å². The van der Waals surface area contributed by atoms with Crippen LogP contribution >= 0.6 is 0 Å². The van der Waals surface area contributed by atoms with E-state index >= 15 is 0 Å². The molecule has 0 amide bonds. The number of rotatable bonds is 9. The van der Waals surface area contributed by atoms with E-state index in [1.54, 1.807) is 6.33 Å². The highest BCUT2D eigenvalue weighted by atomic mass is 15.1. The Morgan fingerprint density at radius 1 is 1.21 bits per heavy atom. The number of nitrogens with zero attached hydrogens (tertiary/aromatic N) is 3. The molecule has 1 aromatic heterocycles. The monoisotopic (exact) mass is 264 g/mol. The summed E-state index contributed by atoms with van der Waals surface area (Å²) in [6.45, 7) is 12.2. The molecule has 0 bridgehead atoms. The van der Waals surface area contributed by atoms with Crippen molar-refractivity contribution in [3.05, 3.63) is 18.1 Å². The Labute approximate surface area is 117 Å². The van der Waals surface area contributed by atoms with Crippen LogP contribution in [0.4, 0.5) is 5.82 Å². The third kappa shape index (κ3) is 6.01. The van der Waals surface area contributed by atoms with Gasteiger partial charge in [-0.1, -0.05) is 20.8 Å². The lowest BCUT2D eigenvalue weighted by molar-refractivity contribution is 0.295. The molecule has 0 aromatic carbocycles. The van der Waals surface area contributed by atoms with Gasteiger partial charge in [-0.25, -0.2) is 9.97 Å². The predicted molar refractivity (Wildman–Crippen MR) is 81.5 cm³/mol. The van der Waals surface area contributed by atoms with E-state index in [4.69, 9.17) is 0 Å². The lowest BCUT2D eigenvalue weighted by Gasteiger charge is -2.20. The smallest absolute Gasteiger partial charge is 0.129 e. The fourth-order valence-electron chi connectivity index (χ4n) is 2.16. The molecular formula is C15H28N4. The predicted octanol–water partition coefficient (Wildman–Crippen LogP) is 2.96. The van der Waals surface area contributed by atoms with Gasteiger partial charge in [-0.05, 0) is 45.8 Å². The first-order valence-electron chi connectivity index (χ1n) is 7.49. The summed E-state index contributed by atoms with van der Waals surface area (Å²) in [6.07, 6.45) is 4.99. The molecule has 1 aromatic rings. The third-order valence-electron chi connectivity index (χ3n) is 3.49. The summed E-state index contributed by atoms with van der Waals surface area (Å²) in [5.41, 5.74) is 1.09. The maximum atomic E-state index is 4.27. The van der Waals surface area contributed by atoms with Crippen LogP contribution in [0.3, 0.4) is 0 Å². The normalized spacial score (nSPS) is 12.7. The summed E-state index contributed by atoms with van der Waals surface area (Å²) >= 11 is 0. The second-order valence-electron chi connectivity index (χ2n) is 4.96. The highest BCUT2D eigenvalue weighted by Gasteiger charge is 2.05. The van der Waals surface area contributed by atoms with Crippen LogP contribution in [-0.4, -0.2) is 40.5 Å². The lowest BCUT2D eigenvalue weighted by atomic mass is 10.1. The Kier molecular flexibility index (Phi) is 7.41. The summed E-state index contributed by atoms with van der Waals surface area (Å²) in [5.74, 6) is 0.946. The van der Waals surface area contributed by atoms with E-state index in [1.165, 1.54) is 19.4 Å². The van der Waals surface area contributed by atoms with E-state index in [0.29, 0.717) is 6.04 Å². The summed E-state index contributed by atoms with van der Waals surface area (Å²) < 4.78 is 0. The van der Waals surface area contributed by atoms with Crippen LogP contribution in [0.15, 0.2) is 12.4 Å². The molecule has 108 valence electrons. The number of nitrogens with one attached hydrogen (secondary N) is 1. The zero-order valence-corrected chi connectivity index (χ0v) is 12.8. The highest BCUT2D eigenvalue weighted by molar-refractivity contribution is 5.35. The van der Waals surface area contributed by atoms with Crippen LogP contribution in [0.1, 0.15) is 46.2 Å². The second kappa shape index (κ2) is 8.86. The molecule has 19 heavy (non-hydrogen) atoms. The average Bonchev–Trinajstić information content (AvgIpc) is 2.44. The molecule has 4 nitrogen and oxygen atoms in total. The third-order valence-corrected chi connectivity index (χ3v) is 3.49. The Bertz CT molecular complexity index is 350. The van der Waals surface area contributed by atoms with E-state index in [-0.39, 0.29) is 0 Å². The van der Waals surface area contributed by atoms with Gasteiger partial charge in [0.05, 0.1) is 0 Å². The topological polar surface area (TPSA) is 41.0 Å². The average molecular weight is 264 g/mol. The molecule has 4 heteroatoms. The van der Waals surface area contributed by atoms with Crippen LogP contribution in [0.2, 0.25) is 0 Å². The highest BCUT2D eigenvalue weighted by Crippen LogP contribution is 2.09. The van der Waals surface area contributed by atoms with Gasteiger partial charge >= 0.3 is 0 Å². The minimum Gasteiger partial charge on any atom is -0.368 e. The summed E-state index contributed by atoms with van der Waals surface area (Å²) in [4.78, 5) is 10.9. The van der Waals surface area contributed by atoms with Crippen molar-refractivity contribution in [2.75, 3.05) is 25.0 Å². The molecular weight excluding hydrogens is 236 g/mol. The molecule has 0 radical (unpaired) electrons. The standard InChI is InChI=1S/C15H28N4/c1-5-14-11-15(17-12-16-14)18-13(4)9-8-10-19(6-2)7-3/h11-13H,5-10H2,1-4H3,(H,16,17,18). The van der Waals surface area contributed by atoms with Crippen molar-refractivity contribution in [2.24, 2.45) is 0 Å². The lowest BCUT2D eigenvalue weighted by Crippen LogP contribution is -2.25. The molecule has 0 aliphatic carbocycles. The summed E-state index contributed by atoms with van der Waals surface area (Å²) in [7, 11) is 0. The molecule has 0 aliphatic heterocycles. The van der Waals surface area contributed by atoms with Crippen LogP contribution in [-0.2, 0) is 6.42 Å². The first-order chi connectivity index (χ1) is 9.19. The van der Waals surface area contributed by atoms with Crippen molar-refractivity contribution in [3.63, 3.8) is 0 Å². The van der Waals surface area contributed by atoms with Crippen LogP contribution in [0.25, 0.3) is 0 Å². The Morgan fingerprint density at radius 2 is 1.95 bits per heavy atom. The number of aromatic nitrogens is 2. The van der Waals surface area contributed by atoms with Crippen molar-refractivity contribution in [1.29, 1.82) is 0 Å². The molecule has 0 saturated carbocycles. The SMILES string of the molecule is CCc1cc(NC(C)CCCN(CC)CC)ncn1. The van der Waals surface area contributed by atoms with Gasteiger partial charge in [0, 0.05) is 17.8 Å². The van der Waals surface area contributed by atoms with Gasteiger partial charge in [-0.15, -0.1) is 0 Å². The number of hydrogen-bond acceptors (Lipinski definition) is 4. The van der Waals surface area contributed by atoms with E-state index in [9.17, 15) is 0 Å². The van der Waals surface area contributed by atoms with E-state index in [2.05, 4.69) is 47.9 Å². The molecule has 1 heterocycles. The van der Waals surface area contributed by atoms with Gasteiger partial charge in [0.2, 0.25) is 0 Å². The maximum Gasteiger partial charge on any atom is 0.129 e. The first kappa shape index (κ1) is 15.9. The Hall–Kier alpha value is -1.16. The van der Waals surface area contributed by atoms with Crippen LogP contribution in [0.5, 0.6) is 0 Å². The van der Waals surface area contributed by atoms with E-state index in [1.807, 2.05) is 6.07 Å². The van der Waals surface area contributed by atoms with Gasteiger partial charge < -0.3 is 10.2 Å². The van der Waals surface area contributed by atoms with Crippen molar-refractivity contribution in [3.8, 4) is 0 Å². The molecule has 0 saturated heterocycles. The zero-order chi connectivity index (χ0) is 14.1. The fraction of sp³-hybridized carbons (Fsp3) is 0.733. The van der Waals surface area contributed by atoms with E-state index < -0.39 is 0 Å². The molecule has 1 rings (SSSR count). The van der Waals surface area contributed by atoms with Crippen LogP contribution < -0.4 is 5.32 Å². The van der Waals surface area contributed by atoms with Gasteiger partial charge in [-0.3, -0.25) is 0 Å². The van der Waals surface area contributed by atoms with Crippen molar-refractivity contribution < 1.29 is 0 Å². The summed E-state index contributed by atoms with van der Waals surface area (Å²) in [5, 5.41) is 3.46. The zero-order valence-electron chi connectivity index (χ0n) is 12.8. The minimum absolute atomic E-state index is 0.454. The quantitative estimate of drug-likeness (QED) is 0.744. The maximum absolute atomic E-state index is 4.27. The molecule has 0 aliphatic rings. The van der Waals surface area contributed by atoms with Gasteiger partial charge in [-0.2, -0.15) is 0 Å². The number of hydrogen-bond donors (Lipinski definition) is 1. The first-order valence-corrected chi connectivity index (χ1v) is 7.49. The van der Waals surface area contributed by atoms with E-state index in [0.717, 1.165) is 31.0 Å². The Balaban J connectivity index is 2.32.